The van der Waals surface area contributed by atoms with Gasteiger partial charge in [0.15, 0.2) is 0 Å². The molecule has 0 aliphatic rings. The number of aryl methyl sites for hydroxylation is 1. The van der Waals surface area contributed by atoms with Gasteiger partial charge in [-0.1, -0.05) is 37.6 Å². The summed E-state index contributed by atoms with van der Waals surface area (Å²) in [6.45, 7) is 2.32. The van der Waals surface area contributed by atoms with Crippen LogP contribution >= 0.6 is 0 Å². The van der Waals surface area contributed by atoms with E-state index in [-0.39, 0.29) is 5.56 Å². The van der Waals surface area contributed by atoms with E-state index in [0.717, 1.165) is 12.1 Å². The first-order chi connectivity index (χ1) is 15.8. The topological polar surface area (TPSA) is 9.23 Å². The third-order valence-electron chi connectivity index (χ3n) is 5.48. The van der Waals surface area contributed by atoms with Crippen molar-refractivity contribution < 1.29 is 70.6 Å². The number of halogens is 15. The second kappa shape index (κ2) is 9.46. The zero-order chi connectivity index (χ0) is 28.8. The molecule has 210 valence electrons. The zero-order valence-corrected chi connectivity index (χ0v) is 18.5. The van der Waals surface area contributed by atoms with Gasteiger partial charge in [0, 0.05) is 7.11 Å². The molecule has 0 bridgehead atoms. The Kier molecular flexibility index (Phi) is 8.45. The third-order valence-corrected chi connectivity index (χ3v) is 5.48. The smallest absolute Gasteiger partial charge is 0.374 e. The van der Waals surface area contributed by atoms with E-state index in [2.05, 4.69) is 4.74 Å². The SMILES string of the molecule is CCCc1cccc(C(C)(CC(F)(F)C(F)(F)C(F)(F)C(F)(F)C(F)(F)C(F)(F)C(F)(F)F)OC)c1. The molecule has 1 atom stereocenters. The maximum atomic E-state index is 14.5. The zero-order valence-electron chi connectivity index (χ0n) is 18.5. The first-order valence-electron chi connectivity index (χ1n) is 9.79. The number of rotatable bonds is 11. The molecule has 1 aromatic rings. The van der Waals surface area contributed by atoms with Crippen LogP contribution in [0.5, 0.6) is 0 Å². The van der Waals surface area contributed by atoms with Crippen molar-refractivity contribution in [1.29, 1.82) is 0 Å². The van der Waals surface area contributed by atoms with E-state index in [1.54, 1.807) is 6.92 Å². The van der Waals surface area contributed by atoms with E-state index in [1.807, 2.05) is 0 Å². The molecule has 1 nitrogen and oxygen atoms in total. The van der Waals surface area contributed by atoms with Crippen LogP contribution in [0.25, 0.3) is 0 Å². The summed E-state index contributed by atoms with van der Waals surface area (Å²) in [4.78, 5) is 0. The van der Waals surface area contributed by atoms with Crippen molar-refractivity contribution in [3.63, 3.8) is 0 Å². The van der Waals surface area contributed by atoms with Gasteiger partial charge in [0.1, 0.15) is 0 Å². The molecule has 0 radical (unpaired) electrons. The molecular weight excluding hydrogens is 541 g/mol. The number of alkyl halides is 15. The predicted molar refractivity (Wildman–Crippen MR) is 95.2 cm³/mol. The molecular formula is C20H19F15O. The monoisotopic (exact) mass is 560 g/mol. The van der Waals surface area contributed by atoms with Crippen molar-refractivity contribution in [3.8, 4) is 0 Å². The maximum absolute atomic E-state index is 14.5. The number of methoxy groups -OCH3 is 1. The Balaban J connectivity index is 3.59. The second-order valence-corrected chi connectivity index (χ2v) is 8.14. The van der Waals surface area contributed by atoms with Crippen molar-refractivity contribution >= 4 is 0 Å². The predicted octanol–water partition coefficient (Wildman–Crippen LogP) is 8.26. The number of ether oxygens (including phenoxy) is 1. The minimum atomic E-state index is -8.31. The first-order valence-corrected chi connectivity index (χ1v) is 9.79. The molecule has 36 heavy (non-hydrogen) atoms. The number of benzene rings is 1. The minimum absolute atomic E-state index is 0.312. The molecule has 1 rings (SSSR count). The molecule has 16 heteroatoms. The Morgan fingerprint density at radius 3 is 1.53 bits per heavy atom. The van der Waals surface area contributed by atoms with Crippen LogP contribution in [0.4, 0.5) is 65.9 Å². The fraction of sp³-hybridized carbons (Fsp3) is 0.700. The maximum Gasteiger partial charge on any atom is 0.460 e. The lowest BCUT2D eigenvalue weighted by atomic mass is 9.83. The molecule has 0 aliphatic carbocycles. The van der Waals surface area contributed by atoms with Crippen LogP contribution in [-0.2, 0) is 16.8 Å². The minimum Gasteiger partial charge on any atom is -0.374 e. The lowest BCUT2D eigenvalue weighted by Crippen LogP contribution is -2.72. The Hall–Kier alpha value is -1.87. The van der Waals surface area contributed by atoms with Gasteiger partial charge in [0.05, 0.1) is 12.0 Å². The van der Waals surface area contributed by atoms with Gasteiger partial charge >= 0.3 is 41.7 Å². The summed E-state index contributed by atoms with van der Waals surface area (Å²) < 4.78 is 206. The standard InChI is InChI=1S/C20H19F15O/c1-4-6-11-7-5-8-12(9-11)13(2,36-3)10-14(21,22)15(23,24)16(25,26)17(27,28)18(29,30)19(31,32)20(33,34)35/h5,7-9H,4,6,10H2,1-3H3. The van der Waals surface area contributed by atoms with E-state index in [0.29, 0.717) is 32.4 Å². The second-order valence-electron chi connectivity index (χ2n) is 8.14. The summed E-state index contributed by atoms with van der Waals surface area (Å²) >= 11 is 0. The highest BCUT2D eigenvalue weighted by Gasteiger charge is 2.93. The summed E-state index contributed by atoms with van der Waals surface area (Å²) in [6, 6.07) is 4.79. The highest BCUT2D eigenvalue weighted by Crippen LogP contribution is 2.63. The lowest BCUT2D eigenvalue weighted by molar-refractivity contribution is -0.453. The van der Waals surface area contributed by atoms with E-state index in [9.17, 15) is 65.9 Å². The fourth-order valence-electron chi connectivity index (χ4n) is 3.17. The van der Waals surface area contributed by atoms with Gasteiger partial charge < -0.3 is 4.74 Å². The van der Waals surface area contributed by atoms with E-state index in [4.69, 9.17) is 0 Å². The van der Waals surface area contributed by atoms with Crippen LogP contribution < -0.4 is 0 Å². The summed E-state index contributed by atoms with van der Waals surface area (Å²) in [7, 11) is 0.630. The average Bonchev–Trinajstić information content (AvgIpc) is 2.72. The normalized spacial score (nSPS) is 16.7. The van der Waals surface area contributed by atoms with Gasteiger partial charge in [0.2, 0.25) is 0 Å². The fourth-order valence-corrected chi connectivity index (χ4v) is 3.17. The summed E-state index contributed by atoms with van der Waals surface area (Å²) in [5.74, 6) is -46.7. The highest BCUT2D eigenvalue weighted by molar-refractivity contribution is 5.29. The summed E-state index contributed by atoms with van der Waals surface area (Å²) in [5.41, 5.74) is -2.62. The first kappa shape index (κ1) is 32.2. The van der Waals surface area contributed by atoms with E-state index >= 15 is 0 Å². The molecule has 0 spiro atoms. The van der Waals surface area contributed by atoms with Gasteiger partial charge in [0.25, 0.3) is 0 Å². The molecule has 0 N–H and O–H groups in total. The Bertz CT molecular complexity index is 907. The van der Waals surface area contributed by atoms with Gasteiger partial charge in [-0.25, -0.2) is 0 Å². The van der Waals surface area contributed by atoms with Crippen LogP contribution in [0.2, 0.25) is 0 Å². The van der Waals surface area contributed by atoms with Crippen molar-refractivity contribution in [2.75, 3.05) is 7.11 Å². The van der Waals surface area contributed by atoms with Crippen LogP contribution in [-0.4, -0.2) is 48.8 Å². The summed E-state index contributed by atoms with van der Waals surface area (Å²) in [6.07, 6.45) is -9.41. The van der Waals surface area contributed by atoms with Gasteiger partial charge in [-0.2, -0.15) is 65.9 Å². The van der Waals surface area contributed by atoms with E-state index in [1.165, 1.54) is 12.1 Å². The molecule has 0 aliphatic heterocycles. The molecule has 0 aromatic heterocycles. The van der Waals surface area contributed by atoms with Gasteiger partial charge in [-0.15, -0.1) is 0 Å². The van der Waals surface area contributed by atoms with Gasteiger partial charge in [-0.3, -0.25) is 0 Å². The van der Waals surface area contributed by atoms with Crippen molar-refractivity contribution in [2.45, 2.75) is 80.4 Å². The van der Waals surface area contributed by atoms with Crippen molar-refractivity contribution in [3.05, 3.63) is 35.4 Å². The largest absolute Gasteiger partial charge is 0.460 e. The molecule has 0 heterocycles. The highest BCUT2D eigenvalue weighted by atomic mass is 19.4. The molecule has 1 unspecified atom stereocenters. The molecule has 0 amide bonds. The number of hydrogen-bond donors (Lipinski definition) is 0. The quantitative estimate of drug-likeness (QED) is 0.248. The van der Waals surface area contributed by atoms with Crippen LogP contribution in [0.3, 0.4) is 0 Å². The summed E-state index contributed by atoms with van der Waals surface area (Å²) in [5, 5.41) is 0. The van der Waals surface area contributed by atoms with Crippen LogP contribution in [0, 0.1) is 0 Å². The number of hydrogen-bond acceptors (Lipinski definition) is 1. The van der Waals surface area contributed by atoms with Crippen LogP contribution in [0.15, 0.2) is 24.3 Å². The van der Waals surface area contributed by atoms with Crippen molar-refractivity contribution in [2.24, 2.45) is 0 Å². The average molecular weight is 560 g/mol. The Labute approximate surface area is 194 Å². The molecule has 0 saturated heterocycles. The third kappa shape index (κ3) is 4.85. The van der Waals surface area contributed by atoms with E-state index < -0.39 is 53.7 Å². The molecule has 0 fully saturated rings. The lowest BCUT2D eigenvalue weighted by Gasteiger charge is -2.43. The Morgan fingerprint density at radius 1 is 0.667 bits per heavy atom. The van der Waals surface area contributed by atoms with Gasteiger partial charge in [-0.05, 0) is 24.5 Å². The molecule has 1 aromatic carbocycles. The Morgan fingerprint density at radius 2 is 1.11 bits per heavy atom. The van der Waals surface area contributed by atoms with Crippen molar-refractivity contribution in [1.82, 2.24) is 0 Å². The molecule has 0 saturated carbocycles. The van der Waals surface area contributed by atoms with Crippen LogP contribution in [0.1, 0.15) is 37.8 Å².